The molecule has 0 amide bonds. The van der Waals surface area contributed by atoms with E-state index in [2.05, 4.69) is 4.98 Å². The molecule has 0 atom stereocenters. The zero-order chi connectivity index (χ0) is 10.7. The number of nitrogens with zero attached hydrogens (tertiary/aromatic N) is 1. The molecule has 1 heterocycles. The fourth-order valence-corrected chi connectivity index (χ4v) is 1.71. The Morgan fingerprint density at radius 1 is 1.07 bits per heavy atom. The maximum absolute atomic E-state index is 5.73. The summed E-state index contributed by atoms with van der Waals surface area (Å²) in [6, 6.07) is 9.67. The molecule has 1 aromatic heterocycles. The monoisotopic (exact) mass is 241 g/mol. The lowest BCUT2D eigenvalue weighted by atomic mass is 10.2. The molecule has 2 aromatic rings. The highest BCUT2D eigenvalue weighted by Gasteiger charge is 2.12. The molecule has 0 bridgehead atoms. The van der Waals surface area contributed by atoms with Gasteiger partial charge in [-0.2, -0.15) is 0 Å². The summed E-state index contributed by atoms with van der Waals surface area (Å²) in [5.41, 5.74) is 1.64. The van der Waals surface area contributed by atoms with E-state index >= 15 is 0 Å². The molecule has 0 aliphatic heterocycles. The Kier molecular flexibility index (Phi) is 3.29. The van der Waals surface area contributed by atoms with Crippen LogP contribution in [0.4, 0.5) is 0 Å². The first-order valence-electron chi connectivity index (χ1n) is 4.51. The van der Waals surface area contributed by atoms with Crippen LogP contribution in [0.3, 0.4) is 0 Å². The molecular weight excluding hydrogens is 233 g/mol. The van der Waals surface area contributed by atoms with E-state index in [0.717, 1.165) is 5.56 Å². The van der Waals surface area contributed by atoms with Crippen molar-refractivity contribution in [1.82, 2.24) is 4.98 Å². The Labute approximate surface area is 97.8 Å². The molecule has 0 unspecified atom stereocenters. The summed E-state index contributed by atoms with van der Waals surface area (Å²) in [6.45, 7) is 0. The number of hydrogen-bond donors (Lipinski definition) is 0. The summed E-state index contributed by atoms with van der Waals surface area (Å²) in [4.78, 5) is 4.29. The van der Waals surface area contributed by atoms with Crippen LogP contribution in [0.1, 0.15) is 11.5 Å². The van der Waals surface area contributed by atoms with E-state index in [0.29, 0.717) is 29.1 Å². The molecule has 78 valence electrons. The number of rotatable bonds is 3. The van der Waals surface area contributed by atoms with Crippen LogP contribution in [0.15, 0.2) is 34.7 Å². The van der Waals surface area contributed by atoms with Gasteiger partial charge in [-0.25, -0.2) is 4.98 Å². The van der Waals surface area contributed by atoms with Crippen molar-refractivity contribution < 1.29 is 4.42 Å². The lowest BCUT2D eigenvalue weighted by molar-refractivity contribution is 0.535. The predicted octanol–water partition coefficient (Wildman–Crippen LogP) is 3.82. The Hall–Kier alpha value is -0.990. The summed E-state index contributed by atoms with van der Waals surface area (Å²) in [6.07, 6.45) is 0. The van der Waals surface area contributed by atoms with Gasteiger partial charge in [-0.05, 0) is 12.1 Å². The molecule has 0 aliphatic rings. The van der Waals surface area contributed by atoms with Crippen molar-refractivity contribution in [2.24, 2.45) is 0 Å². The Balaban J connectivity index is 2.42. The number of oxazole rings is 1. The van der Waals surface area contributed by atoms with E-state index in [-0.39, 0.29) is 0 Å². The van der Waals surface area contributed by atoms with E-state index in [1.165, 1.54) is 0 Å². The molecule has 0 saturated heterocycles. The summed E-state index contributed by atoms with van der Waals surface area (Å²) >= 11 is 11.4. The van der Waals surface area contributed by atoms with Crippen LogP contribution in [0, 0.1) is 0 Å². The van der Waals surface area contributed by atoms with Gasteiger partial charge in [0, 0.05) is 5.56 Å². The molecule has 15 heavy (non-hydrogen) atoms. The number of benzene rings is 1. The molecule has 0 fully saturated rings. The molecule has 2 nitrogen and oxygen atoms in total. The average molecular weight is 242 g/mol. The van der Waals surface area contributed by atoms with E-state index in [4.69, 9.17) is 27.6 Å². The van der Waals surface area contributed by atoms with Gasteiger partial charge in [0.25, 0.3) is 0 Å². The number of aromatic nitrogens is 1. The van der Waals surface area contributed by atoms with Crippen LogP contribution in [-0.4, -0.2) is 4.98 Å². The van der Waals surface area contributed by atoms with Gasteiger partial charge in [-0.15, -0.1) is 23.2 Å². The van der Waals surface area contributed by atoms with Crippen LogP contribution < -0.4 is 0 Å². The van der Waals surface area contributed by atoms with Crippen molar-refractivity contribution in [3.05, 3.63) is 41.8 Å². The molecule has 2 rings (SSSR count). The van der Waals surface area contributed by atoms with Crippen LogP contribution in [-0.2, 0) is 11.8 Å². The normalized spacial score (nSPS) is 10.5. The molecule has 0 aliphatic carbocycles. The zero-order valence-electron chi connectivity index (χ0n) is 7.91. The van der Waals surface area contributed by atoms with Crippen LogP contribution in [0.5, 0.6) is 0 Å². The first-order valence-corrected chi connectivity index (χ1v) is 5.58. The van der Waals surface area contributed by atoms with Gasteiger partial charge < -0.3 is 4.42 Å². The molecule has 0 radical (unpaired) electrons. The van der Waals surface area contributed by atoms with Crippen molar-refractivity contribution in [1.29, 1.82) is 0 Å². The lowest BCUT2D eigenvalue weighted by Gasteiger charge is -1.92. The number of halogens is 2. The van der Waals surface area contributed by atoms with Gasteiger partial charge in [0.1, 0.15) is 5.76 Å². The molecule has 0 spiro atoms. The van der Waals surface area contributed by atoms with Crippen molar-refractivity contribution >= 4 is 23.2 Å². The van der Waals surface area contributed by atoms with Crippen molar-refractivity contribution in [2.75, 3.05) is 0 Å². The average Bonchev–Trinajstić information content (AvgIpc) is 2.73. The van der Waals surface area contributed by atoms with Gasteiger partial charge in [0.2, 0.25) is 5.89 Å². The van der Waals surface area contributed by atoms with Crippen LogP contribution in [0.25, 0.3) is 11.5 Å². The standard InChI is InChI=1S/C11H9Cl2NO/c12-6-9-10(7-13)15-11(14-9)8-4-2-1-3-5-8/h1-5H,6-7H2. The first kappa shape index (κ1) is 10.5. The van der Waals surface area contributed by atoms with E-state index in [9.17, 15) is 0 Å². The first-order chi connectivity index (χ1) is 7.35. The van der Waals surface area contributed by atoms with Crippen molar-refractivity contribution in [2.45, 2.75) is 11.8 Å². The highest BCUT2D eigenvalue weighted by atomic mass is 35.5. The van der Waals surface area contributed by atoms with Crippen molar-refractivity contribution in [3.8, 4) is 11.5 Å². The number of alkyl halides is 2. The van der Waals surface area contributed by atoms with Gasteiger partial charge >= 0.3 is 0 Å². The second kappa shape index (κ2) is 4.69. The quantitative estimate of drug-likeness (QED) is 0.764. The van der Waals surface area contributed by atoms with E-state index in [1.807, 2.05) is 30.3 Å². The summed E-state index contributed by atoms with van der Waals surface area (Å²) in [5.74, 6) is 1.83. The third-order valence-corrected chi connectivity index (χ3v) is 2.54. The Morgan fingerprint density at radius 2 is 1.80 bits per heavy atom. The lowest BCUT2D eigenvalue weighted by Crippen LogP contribution is -1.83. The van der Waals surface area contributed by atoms with Gasteiger partial charge in [0.05, 0.1) is 17.5 Å². The van der Waals surface area contributed by atoms with Crippen molar-refractivity contribution in [3.63, 3.8) is 0 Å². The second-order valence-corrected chi connectivity index (χ2v) is 3.56. The van der Waals surface area contributed by atoms with Gasteiger partial charge in [-0.1, -0.05) is 18.2 Å². The summed E-state index contributed by atoms with van der Waals surface area (Å²) in [5, 5.41) is 0. The molecule has 4 heteroatoms. The van der Waals surface area contributed by atoms with Gasteiger partial charge in [-0.3, -0.25) is 0 Å². The minimum Gasteiger partial charge on any atom is -0.440 e. The minimum atomic E-state index is 0.294. The second-order valence-electron chi connectivity index (χ2n) is 3.02. The molecule has 0 saturated carbocycles. The maximum atomic E-state index is 5.73. The summed E-state index contributed by atoms with van der Waals surface area (Å²) in [7, 11) is 0. The predicted molar refractivity (Wildman–Crippen MR) is 61.1 cm³/mol. The third-order valence-electron chi connectivity index (χ3n) is 2.05. The highest BCUT2D eigenvalue weighted by molar-refractivity contribution is 6.18. The molecular formula is C11H9Cl2NO. The zero-order valence-corrected chi connectivity index (χ0v) is 9.42. The smallest absolute Gasteiger partial charge is 0.226 e. The molecule has 1 aromatic carbocycles. The minimum absolute atomic E-state index is 0.294. The van der Waals surface area contributed by atoms with Crippen LogP contribution >= 0.6 is 23.2 Å². The summed E-state index contributed by atoms with van der Waals surface area (Å²) < 4.78 is 5.51. The van der Waals surface area contributed by atoms with Crippen LogP contribution in [0.2, 0.25) is 0 Å². The highest BCUT2D eigenvalue weighted by Crippen LogP contribution is 2.23. The van der Waals surface area contributed by atoms with E-state index in [1.54, 1.807) is 0 Å². The Morgan fingerprint density at radius 3 is 2.33 bits per heavy atom. The fourth-order valence-electron chi connectivity index (χ4n) is 1.30. The van der Waals surface area contributed by atoms with E-state index < -0.39 is 0 Å². The fraction of sp³-hybridized carbons (Fsp3) is 0.182. The Bertz CT molecular complexity index is 418. The largest absolute Gasteiger partial charge is 0.440 e. The SMILES string of the molecule is ClCc1nc(-c2ccccc2)oc1CCl. The molecule has 0 N–H and O–H groups in total. The van der Waals surface area contributed by atoms with Gasteiger partial charge in [0.15, 0.2) is 0 Å². The topological polar surface area (TPSA) is 26.0 Å². The maximum Gasteiger partial charge on any atom is 0.226 e. The third kappa shape index (κ3) is 2.16. The number of hydrogen-bond acceptors (Lipinski definition) is 2.